The van der Waals surface area contributed by atoms with Crippen LogP contribution in [0.2, 0.25) is 0 Å². The lowest BCUT2D eigenvalue weighted by atomic mass is 9.96. The van der Waals surface area contributed by atoms with Crippen LogP contribution in [0.1, 0.15) is 97.6 Å². The van der Waals surface area contributed by atoms with E-state index in [4.69, 9.17) is 9.47 Å². The van der Waals surface area contributed by atoms with Crippen molar-refractivity contribution in [1.29, 1.82) is 0 Å². The molecule has 0 saturated carbocycles. The minimum absolute atomic E-state index is 0.113. The quantitative estimate of drug-likeness (QED) is 0.0954. The Bertz CT molecular complexity index is 2060. The van der Waals surface area contributed by atoms with Crippen molar-refractivity contribution in [3.8, 4) is 0 Å². The first-order chi connectivity index (χ1) is 32.8. The zero-order valence-electron chi connectivity index (χ0n) is 41.4. The average Bonchev–Trinajstić information content (AvgIpc) is 4.06. The minimum Gasteiger partial charge on any atom is -0.467 e. The SMILES string of the molecule is CC[C@H](C)[C@@H](NC(=O)C[C@H](O)[C@H](Cc1ccccc1)NC(=O)[C@@H]1CCCN1C(=O)[C@H](OC(=O)[C@@H](O)C(C)C)[C@@H](C)CC)C(=O)NCC(=O)N(C)[C@H](Cc1ccccc1)C(=O)N1CCC[C@H]1C(=O)OC. The predicted octanol–water partition coefficient (Wildman–Crippen LogP) is 2.31. The van der Waals surface area contributed by atoms with Crippen molar-refractivity contribution in [2.45, 2.75) is 148 Å². The van der Waals surface area contributed by atoms with E-state index in [0.717, 1.165) is 11.1 Å². The van der Waals surface area contributed by atoms with Crippen molar-refractivity contribution in [1.82, 2.24) is 30.7 Å². The summed E-state index contributed by atoms with van der Waals surface area (Å²) in [6.07, 6.45) is -1.66. The average molecular weight is 963 g/mol. The van der Waals surface area contributed by atoms with Crippen LogP contribution >= 0.6 is 0 Å². The predicted molar refractivity (Wildman–Crippen MR) is 255 cm³/mol. The number of hydrogen-bond acceptors (Lipinski definition) is 12. The summed E-state index contributed by atoms with van der Waals surface area (Å²) in [5, 5.41) is 30.3. The number of carbonyl (C=O) groups is 8. The Hall–Kier alpha value is -5.88. The van der Waals surface area contributed by atoms with Gasteiger partial charge in [0, 0.05) is 32.5 Å². The van der Waals surface area contributed by atoms with Gasteiger partial charge in [-0.2, -0.15) is 0 Å². The van der Waals surface area contributed by atoms with Crippen LogP contribution in [0.15, 0.2) is 60.7 Å². The first-order valence-electron chi connectivity index (χ1n) is 24.3. The largest absolute Gasteiger partial charge is 0.467 e. The van der Waals surface area contributed by atoms with Crippen LogP contribution in [0.25, 0.3) is 0 Å². The summed E-state index contributed by atoms with van der Waals surface area (Å²) in [5.74, 6) is -6.25. The second kappa shape index (κ2) is 26.8. The highest BCUT2D eigenvalue weighted by molar-refractivity contribution is 5.94. The lowest BCUT2D eigenvalue weighted by molar-refractivity contribution is -0.173. The molecule has 18 heteroatoms. The van der Waals surface area contributed by atoms with Crippen molar-refractivity contribution in [2.75, 3.05) is 33.8 Å². The number of carbonyl (C=O) groups excluding carboxylic acids is 8. The molecular weight excluding hydrogens is 889 g/mol. The van der Waals surface area contributed by atoms with E-state index >= 15 is 0 Å². The van der Waals surface area contributed by atoms with E-state index < -0.39 is 127 Å². The van der Waals surface area contributed by atoms with Crippen molar-refractivity contribution >= 4 is 47.4 Å². The van der Waals surface area contributed by atoms with Gasteiger partial charge in [0.05, 0.1) is 32.2 Å². The first kappa shape index (κ1) is 55.7. The smallest absolute Gasteiger partial charge is 0.336 e. The van der Waals surface area contributed by atoms with Crippen LogP contribution < -0.4 is 16.0 Å². The van der Waals surface area contributed by atoms with Crippen molar-refractivity contribution in [3.05, 3.63) is 71.8 Å². The molecule has 0 bridgehead atoms. The molecule has 0 aromatic heterocycles. The first-order valence-corrected chi connectivity index (χ1v) is 24.3. The van der Waals surface area contributed by atoms with Crippen LogP contribution in [0.4, 0.5) is 0 Å². The summed E-state index contributed by atoms with van der Waals surface area (Å²) in [7, 11) is 2.72. The number of hydrogen-bond donors (Lipinski definition) is 5. The lowest BCUT2D eigenvalue weighted by Gasteiger charge is -2.33. The normalized spacial score (nSPS) is 19.2. The van der Waals surface area contributed by atoms with Gasteiger partial charge in [-0.15, -0.1) is 0 Å². The molecule has 2 fully saturated rings. The molecule has 10 atom stereocenters. The highest BCUT2D eigenvalue weighted by atomic mass is 16.6. The third-order valence-corrected chi connectivity index (χ3v) is 13.5. The number of amides is 6. The highest BCUT2D eigenvalue weighted by Crippen LogP contribution is 2.26. The van der Waals surface area contributed by atoms with Crippen LogP contribution in [0.3, 0.4) is 0 Å². The highest BCUT2D eigenvalue weighted by Gasteiger charge is 2.43. The van der Waals surface area contributed by atoms with Crippen LogP contribution in [-0.2, 0) is 60.7 Å². The van der Waals surface area contributed by atoms with E-state index in [0.29, 0.717) is 45.1 Å². The molecule has 6 amide bonds. The van der Waals surface area contributed by atoms with Gasteiger partial charge in [0.1, 0.15) is 24.2 Å². The number of nitrogens with one attached hydrogen (secondary N) is 3. The van der Waals surface area contributed by atoms with Crippen molar-refractivity contribution in [2.24, 2.45) is 17.8 Å². The summed E-state index contributed by atoms with van der Waals surface area (Å²) in [5.41, 5.74) is 1.53. The fraction of sp³-hybridized carbons (Fsp3) is 0.608. The molecule has 69 heavy (non-hydrogen) atoms. The maximum absolute atomic E-state index is 14.1. The number of aliphatic hydroxyl groups is 2. The number of esters is 2. The number of likely N-dealkylation sites (tertiary alicyclic amines) is 2. The Balaban J connectivity index is 1.46. The third-order valence-electron chi connectivity index (χ3n) is 13.5. The molecule has 2 saturated heterocycles. The number of aliphatic hydroxyl groups excluding tert-OH is 2. The molecular formula is C51H74N6O12. The summed E-state index contributed by atoms with van der Waals surface area (Å²) >= 11 is 0. The maximum atomic E-state index is 14.1. The summed E-state index contributed by atoms with van der Waals surface area (Å²) in [4.78, 5) is 113. The van der Waals surface area contributed by atoms with Crippen LogP contribution in [0, 0.1) is 17.8 Å². The van der Waals surface area contributed by atoms with Gasteiger partial charge in [0.2, 0.25) is 29.5 Å². The second-order valence-corrected chi connectivity index (χ2v) is 18.8. The Morgan fingerprint density at radius 1 is 0.754 bits per heavy atom. The molecule has 380 valence electrons. The molecule has 0 radical (unpaired) electrons. The Labute approximate surface area is 406 Å². The molecule has 0 spiro atoms. The van der Waals surface area contributed by atoms with Gasteiger partial charge in [-0.25, -0.2) is 9.59 Å². The summed E-state index contributed by atoms with van der Waals surface area (Å²) < 4.78 is 10.5. The fourth-order valence-corrected chi connectivity index (χ4v) is 8.66. The molecule has 4 rings (SSSR count). The second-order valence-electron chi connectivity index (χ2n) is 18.8. The number of methoxy groups -OCH3 is 1. The molecule has 0 aliphatic carbocycles. The van der Waals surface area contributed by atoms with E-state index in [9.17, 15) is 48.6 Å². The van der Waals surface area contributed by atoms with E-state index in [-0.39, 0.29) is 19.4 Å². The number of nitrogens with zero attached hydrogens (tertiary/aromatic N) is 3. The Morgan fingerprint density at radius 3 is 1.86 bits per heavy atom. The molecule has 2 heterocycles. The maximum Gasteiger partial charge on any atom is 0.336 e. The van der Waals surface area contributed by atoms with Gasteiger partial charge in [-0.3, -0.25) is 28.8 Å². The van der Waals surface area contributed by atoms with E-state index in [1.165, 1.54) is 28.9 Å². The Morgan fingerprint density at radius 2 is 1.30 bits per heavy atom. The number of benzene rings is 2. The van der Waals surface area contributed by atoms with Gasteiger partial charge in [0.15, 0.2) is 12.2 Å². The fourth-order valence-electron chi connectivity index (χ4n) is 8.66. The van der Waals surface area contributed by atoms with Crippen molar-refractivity contribution < 1.29 is 58.0 Å². The molecule has 2 aliphatic heterocycles. The van der Waals surface area contributed by atoms with Crippen molar-refractivity contribution in [3.63, 3.8) is 0 Å². The van der Waals surface area contributed by atoms with E-state index in [1.54, 1.807) is 52.0 Å². The number of likely N-dealkylation sites (N-methyl/N-ethyl adjacent to an activating group) is 1. The van der Waals surface area contributed by atoms with Crippen LogP contribution in [0.5, 0.6) is 0 Å². The minimum atomic E-state index is -1.46. The topological polar surface area (TPSA) is 241 Å². The zero-order chi connectivity index (χ0) is 50.9. The molecule has 2 aromatic carbocycles. The number of ether oxygens (including phenoxy) is 2. The molecule has 5 N–H and O–H groups in total. The van der Waals surface area contributed by atoms with Gasteiger partial charge in [0.25, 0.3) is 5.91 Å². The summed E-state index contributed by atoms with van der Waals surface area (Å²) in [6.45, 7) is 10.5. The molecule has 18 nitrogen and oxygen atoms in total. The van der Waals surface area contributed by atoms with Gasteiger partial charge in [-0.1, -0.05) is 109 Å². The summed E-state index contributed by atoms with van der Waals surface area (Å²) in [6, 6.07) is 13.2. The standard InChI is InChI=1S/C51H74N6O12/c1-9-32(5)43(47(63)52-30-42(60)55(7)39(28-35-21-15-12-16-22-35)48(64)57-26-18-24-38(57)50(66)68-8)54-41(59)29-40(58)36(27-34-19-13-11-14-20-34)53-46(62)37-23-17-25-56(37)49(65)45(33(6)10-2)69-51(67)44(61)31(3)4/h11-16,19-22,31-33,36-40,43-45,58,61H,9-10,17-18,23-30H2,1-8H3,(H,52,63)(H,53,62)(H,54,59)/t32-,33-,36-,37-,38-,39+,40-,43+,44-,45+/m0/s1. The number of rotatable bonds is 24. The zero-order valence-corrected chi connectivity index (χ0v) is 41.4. The van der Waals surface area contributed by atoms with E-state index in [2.05, 4.69) is 16.0 Å². The van der Waals surface area contributed by atoms with Gasteiger partial charge >= 0.3 is 11.9 Å². The van der Waals surface area contributed by atoms with E-state index in [1.807, 2.05) is 50.2 Å². The molecule has 2 aliphatic rings. The molecule has 2 aromatic rings. The van der Waals surface area contributed by atoms with Gasteiger partial charge < -0.3 is 50.3 Å². The monoisotopic (exact) mass is 963 g/mol. The lowest BCUT2D eigenvalue weighted by Crippen LogP contribution is -2.57. The molecule has 0 unspecified atom stereocenters. The Kier molecular flexibility index (Phi) is 21.6. The third kappa shape index (κ3) is 15.3. The van der Waals surface area contributed by atoms with Gasteiger partial charge in [-0.05, 0) is 61.5 Å². The van der Waals surface area contributed by atoms with Crippen LogP contribution in [-0.4, -0.2) is 155 Å².